The lowest BCUT2D eigenvalue weighted by Crippen LogP contribution is -2.40. The molecule has 1 N–H and O–H groups in total. The van der Waals surface area contributed by atoms with Crippen molar-refractivity contribution in [1.29, 1.82) is 0 Å². The summed E-state index contributed by atoms with van der Waals surface area (Å²) in [4.78, 5) is 37.2. The average Bonchev–Trinajstić information content (AvgIpc) is 2.84. The number of carbonyl (C=O) groups is 3. The van der Waals surface area contributed by atoms with Crippen molar-refractivity contribution in [3.05, 3.63) is 59.7 Å². The van der Waals surface area contributed by atoms with E-state index in [2.05, 4.69) is 5.32 Å². The van der Waals surface area contributed by atoms with Crippen molar-refractivity contribution in [2.45, 2.75) is 30.4 Å². The average molecular weight is 489 g/mol. The van der Waals surface area contributed by atoms with Gasteiger partial charge in [-0.3, -0.25) is 4.79 Å². The van der Waals surface area contributed by atoms with Gasteiger partial charge in [0.2, 0.25) is 16.1 Å². The Hall–Kier alpha value is -3.28. The molecule has 1 fully saturated rings. The van der Waals surface area contributed by atoms with Crippen molar-refractivity contribution in [3.8, 4) is 0 Å². The maximum absolute atomic E-state index is 12.8. The first-order chi connectivity index (χ1) is 16.3. The van der Waals surface area contributed by atoms with Crippen molar-refractivity contribution in [2.24, 2.45) is 0 Å². The zero-order valence-electron chi connectivity index (χ0n) is 18.4. The van der Waals surface area contributed by atoms with Crippen molar-refractivity contribution < 1.29 is 37.0 Å². The monoisotopic (exact) mass is 488 g/mol. The number of amides is 1. The molecule has 2 aliphatic rings. The molecule has 11 heteroatoms. The molecule has 0 aromatic heterocycles. The smallest absolute Gasteiger partial charge is 0.348 e. The largest absolute Gasteiger partial charge is 0.450 e. The Kier molecular flexibility index (Phi) is 6.96. The van der Waals surface area contributed by atoms with Crippen LogP contribution in [0.25, 0.3) is 0 Å². The molecular weight excluding hydrogens is 464 g/mol. The van der Waals surface area contributed by atoms with Crippen LogP contribution in [0.15, 0.2) is 53.4 Å². The number of nitrogens with one attached hydrogen (secondary N) is 1. The molecule has 180 valence electrons. The fraction of sp³-hybridized carbons (Fsp3) is 0.348. The summed E-state index contributed by atoms with van der Waals surface area (Å²) >= 11 is 0. The molecule has 34 heavy (non-hydrogen) atoms. The number of esters is 2. The van der Waals surface area contributed by atoms with Gasteiger partial charge in [0.05, 0.1) is 23.7 Å². The Morgan fingerprint density at radius 2 is 1.85 bits per heavy atom. The van der Waals surface area contributed by atoms with Crippen LogP contribution >= 0.6 is 0 Å². The Balaban J connectivity index is 1.38. The number of hydrogen-bond donors (Lipinski definition) is 1. The zero-order valence-corrected chi connectivity index (χ0v) is 19.2. The number of anilines is 1. The molecule has 0 spiro atoms. The lowest BCUT2D eigenvalue weighted by molar-refractivity contribution is -0.162. The third-order valence-electron chi connectivity index (χ3n) is 5.53. The van der Waals surface area contributed by atoms with E-state index < -0.39 is 40.1 Å². The number of benzene rings is 2. The van der Waals surface area contributed by atoms with Crippen LogP contribution in [0.4, 0.5) is 5.69 Å². The molecule has 4 rings (SSSR count). The number of hydrogen-bond acceptors (Lipinski definition) is 8. The zero-order chi connectivity index (χ0) is 24.3. The second kappa shape index (κ2) is 9.92. The Bertz CT molecular complexity index is 1210. The highest BCUT2D eigenvalue weighted by Crippen LogP contribution is 2.23. The minimum absolute atomic E-state index is 0.0321. The lowest BCUT2D eigenvalue weighted by Gasteiger charge is -2.26. The van der Waals surface area contributed by atoms with Crippen molar-refractivity contribution in [2.75, 3.05) is 31.6 Å². The SMILES string of the molecule is C[C@H](OC(=O)[C@H]1Cc2ccccc2C(=O)O1)C(=O)Nc1cccc(S(=O)(=O)N2CCOCC2)c1. The van der Waals surface area contributed by atoms with Gasteiger partial charge in [0.25, 0.3) is 5.91 Å². The predicted octanol–water partition coefficient (Wildman–Crippen LogP) is 1.36. The molecule has 2 heterocycles. The third kappa shape index (κ3) is 5.11. The topological polar surface area (TPSA) is 128 Å². The van der Waals surface area contributed by atoms with Gasteiger partial charge in [-0.1, -0.05) is 24.3 Å². The Morgan fingerprint density at radius 3 is 2.62 bits per heavy atom. The molecule has 2 atom stereocenters. The summed E-state index contributed by atoms with van der Waals surface area (Å²) in [5.74, 6) is -2.12. The van der Waals surface area contributed by atoms with Crippen LogP contribution in [0.3, 0.4) is 0 Å². The molecule has 1 saturated heterocycles. The van der Waals surface area contributed by atoms with E-state index in [-0.39, 0.29) is 30.1 Å². The number of morpholine rings is 1. The summed E-state index contributed by atoms with van der Waals surface area (Å²) < 4.78 is 42.6. The molecule has 10 nitrogen and oxygen atoms in total. The highest BCUT2D eigenvalue weighted by Gasteiger charge is 2.34. The number of nitrogens with zero attached hydrogens (tertiary/aromatic N) is 1. The number of fused-ring (bicyclic) bond motifs is 1. The van der Waals surface area contributed by atoms with E-state index in [4.69, 9.17) is 14.2 Å². The van der Waals surface area contributed by atoms with Gasteiger partial charge < -0.3 is 19.5 Å². The van der Waals surface area contributed by atoms with E-state index in [9.17, 15) is 22.8 Å². The molecule has 2 aromatic rings. The maximum Gasteiger partial charge on any atom is 0.348 e. The second-order valence-corrected chi connectivity index (χ2v) is 9.81. The fourth-order valence-corrected chi connectivity index (χ4v) is 5.14. The van der Waals surface area contributed by atoms with Gasteiger partial charge in [0.15, 0.2) is 6.10 Å². The quantitative estimate of drug-likeness (QED) is 0.604. The number of ether oxygens (including phenoxy) is 3. The van der Waals surface area contributed by atoms with Gasteiger partial charge in [-0.15, -0.1) is 0 Å². The molecule has 0 unspecified atom stereocenters. The molecule has 2 aromatic carbocycles. The summed E-state index contributed by atoms with van der Waals surface area (Å²) in [6, 6.07) is 12.6. The van der Waals surface area contributed by atoms with Gasteiger partial charge in [0, 0.05) is 25.2 Å². The van der Waals surface area contributed by atoms with Crippen molar-refractivity contribution >= 4 is 33.6 Å². The molecule has 0 bridgehead atoms. The summed E-state index contributed by atoms with van der Waals surface area (Å²) in [5.41, 5.74) is 1.29. The normalized spacial score (nSPS) is 19.4. The summed E-state index contributed by atoms with van der Waals surface area (Å²) in [7, 11) is -3.74. The number of carbonyl (C=O) groups excluding carboxylic acids is 3. The van der Waals surface area contributed by atoms with E-state index >= 15 is 0 Å². The maximum atomic E-state index is 12.8. The number of rotatable bonds is 6. The van der Waals surface area contributed by atoms with Gasteiger partial charge >= 0.3 is 11.9 Å². The van der Waals surface area contributed by atoms with Gasteiger partial charge in [-0.2, -0.15) is 4.31 Å². The van der Waals surface area contributed by atoms with Crippen molar-refractivity contribution in [1.82, 2.24) is 4.31 Å². The minimum Gasteiger partial charge on any atom is -0.450 e. The van der Waals surface area contributed by atoms with Gasteiger partial charge in [-0.05, 0) is 36.8 Å². The molecule has 0 saturated carbocycles. The van der Waals surface area contributed by atoms with Gasteiger partial charge in [-0.25, -0.2) is 18.0 Å². The minimum atomic E-state index is -3.74. The van der Waals surface area contributed by atoms with Crippen molar-refractivity contribution in [3.63, 3.8) is 0 Å². The van der Waals surface area contributed by atoms with Crippen LogP contribution in [0.1, 0.15) is 22.8 Å². The first-order valence-corrected chi connectivity index (χ1v) is 12.2. The van der Waals surface area contributed by atoms with E-state index in [0.29, 0.717) is 24.3 Å². The first-order valence-electron chi connectivity index (χ1n) is 10.7. The third-order valence-corrected chi connectivity index (χ3v) is 7.42. The number of cyclic esters (lactones) is 1. The van der Waals surface area contributed by atoms with E-state index in [1.807, 2.05) is 0 Å². The molecule has 0 aliphatic carbocycles. The molecule has 1 amide bonds. The highest BCUT2D eigenvalue weighted by atomic mass is 32.2. The van der Waals surface area contributed by atoms with Crippen LogP contribution in [0.5, 0.6) is 0 Å². The van der Waals surface area contributed by atoms with Crippen LogP contribution in [-0.2, 0) is 40.2 Å². The van der Waals surface area contributed by atoms with Crippen LogP contribution in [0, 0.1) is 0 Å². The Morgan fingerprint density at radius 1 is 1.12 bits per heavy atom. The molecule has 0 radical (unpaired) electrons. The molecule has 2 aliphatic heterocycles. The van der Waals surface area contributed by atoms with E-state index in [1.54, 1.807) is 24.3 Å². The predicted molar refractivity (Wildman–Crippen MR) is 120 cm³/mol. The van der Waals surface area contributed by atoms with Gasteiger partial charge in [0.1, 0.15) is 0 Å². The Labute approximate surface area is 196 Å². The summed E-state index contributed by atoms with van der Waals surface area (Å²) in [6.07, 6.45) is -2.21. The highest BCUT2D eigenvalue weighted by molar-refractivity contribution is 7.89. The number of sulfonamides is 1. The molecular formula is C23H24N2O8S. The summed E-state index contributed by atoms with van der Waals surface area (Å²) in [6.45, 7) is 2.52. The van der Waals surface area contributed by atoms with Crippen LogP contribution < -0.4 is 5.32 Å². The fourth-order valence-electron chi connectivity index (χ4n) is 3.68. The van der Waals surface area contributed by atoms with E-state index in [1.165, 1.54) is 35.5 Å². The standard InChI is InChI=1S/C23H24N2O8S/c1-15(32-23(28)20-13-16-5-2-3-8-19(16)22(27)33-20)21(26)24-17-6-4-7-18(14-17)34(29,30)25-9-11-31-12-10-25/h2-8,14-15,20H,9-13H2,1H3,(H,24,26)/t15-,20+/m0/s1. The lowest BCUT2D eigenvalue weighted by atomic mass is 9.99. The van der Waals surface area contributed by atoms with Crippen LogP contribution in [0.2, 0.25) is 0 Å². The summed E-state index contributed by atoms with van der Waals surface area (Å²) in [5, 5.41) is 2.56. The van der Waals surface area contributed by atoms with E-state index in [0.717, 1.165) is 0 Å². The first kappa shape index (κ1) is 23.9. The second-order valence-electron chi connectivity index (χ2n) is 7.87. The van der Waals surface area contributed by atoms with Crippen LogP contribution in [-0.4, -0.2) is 69.1 Å².